The van der Waals surface area contributed by atoms with E-state index in [2.05, 4.69) is 76.2 Å². The lowest BCUT2D eigenvalue weighted by molar-refractivity contribution is 0.0295. The summed E-state index contributed by atoms with van der Waals surface area (Å²) in [6.45, 7) is 25.4. The van der Waals surface area contributed by atoms with Crippen LogP contribution in [-0.2, 0) is 85.8 Å². The second kappa shape index (κ2) is 16.7. The van der Waals surface area contributed by atoms with E-state index in [0.29, 0.717) is 71.0 Å². The summed E-state index contributed by atoms with van der Waals surface area (Å²) in [6, 6.07) is 0. The van der Waals surface area contributed by atoms with Gasteiger partial charge in [-0.25, -0.2) is 0 Å². The molecule has 18 nitrogen and oxygen atoms in total. The second-order valence-electron chi connectivity index (χ2n) is 30.5. The zero-order valence-electron chi connectivity index (χ0n) is 47.1. The standard InChI is InChI=1S/C10H16O3S.4C9H14O3S.C8H12O3S/c1-6-8-10(3)5-9(6,2)4-7(10)14(11,12)13-8;1-9(2)5-3-6-7(4-5)13(10,11)12-8(6)9;1-5-8-6-3-9(5,2)4-7(6)13(10,11)12-8;1-5-6-3-7-9(2,4-6)8(5)12-13(7,10)11;1-5-6-3-7-8(4-6)13(10,11)12-9(5,7)2;1-4-5-2-6-7(3-5)12(9,10)11-8(4)6/h6-8H,4-5H2,1-3H3;4*5-8H,3-4H2,1-2H3;4-8H,2-3H2,1H3. The molecule has 12 aliphatic carbocycles. The number of hydrogen-bond acceptors (Lipinski definition) is 18. The van der Waals surface area contributed by atoms with Crippen molar-refractivity contribution >= 4 is 60.7 Å². The van der Waals surface area contributed by atoms with E-state index in [1.165, 1.54) is 0 Å². The van der Waals surface area contributed by atoms with Gasteiger partial charge in [-0.1, -0.05) is 76.2 Å². The first-order valence-electron chi connectivity index (χ1n) is 29.2. The van der Waals surface area contributed by atoms with Crippen LogP contribution in [0.2, 0.25) is 0 Å². The Morgan fingerprint density at radius 1 is 0.385 bits per heavy atom. The minimum absolute atomic E-state index is 0.00579. The molecular formula is C54H84O18S6. The van der Waals surface area contributed by atoms with Gasteiger partial charge in [0.2, 0.25) is 0 Å². The topological polar surface area (TPSA) is 260 Å². The number of hydrogen-bond donors (Lipinski definition) is 0. The largest absolute Gasteiger partial charge is 0.271 e. The summed E-state index contributed by atoms with van der Waals surface area (Å²) in [6.07, 6.45) is 11.2. The molecule has 6 heterocycles. The van der Waals surface area contributed by atoms with Gasteiger partial charge in [0.1, 0.15) is 0 Å². The lowest BCUT2D eigenvalue weighted by Crippen LogP contribution is -2.38. The summed E-state index contributed by atoms with van der Waals surface area (Å²) >= 11 is 0. The van der Waals surface area contributed by atoms with Crippen LogP contribution in [-0.4, -0.2) is 118 Å². The van der Waals surface area contributed by atoms with Crippen LogP contribution in [0.15, 0.2) is 0 Å². The van der Waals surface area contributed by atoms with E-state index in [9.17, 15) is 50.5 Å². The molecule has 0 spiro atoms. The third kappa shape index (κ3) is 7.48. The minimum Gasteiger partial charge on any atom is -0.266 e. The molecule has 29 unspecified atom stereocenters. The molecule has 18 rings (SSSR count). The maximum atomic E-state index is 11.8. The summed E-state index contributed by atoms with van der Waals surface area (Å²) in [5.41, 5.74) is -0.0513. The summed E-state index contributed by atoms with van der Waals surface area (Å²) in [7, 11) is -19.3. The van der Waals surface area contributed by atoms with Crippen LogP contribution in [0.5, 0.6) is 0 Å². The predicted octanol–water partition coefficient (Wildman–Crippen LogP) is 6.90. The molecule has 12 bridgehead atoms. The van der Waals surface area contributed by atoms with E-state index in [0.717, 1.165) is 77.0 Å². The van der Waals surface area contributed by atoms with Crippen molar-refractivity contribution in [2.24, 2.45) is 104 Å². The lowest BCUT2D eigenvalue weighted by Gasteiger charge is -2.32. The molecule has 0 N–H and O–H groups in total. The summed E-state index contributed by atoms with van der Waals surface area (Å²) < 4.78 is 170. The van der Waals surface area contributed by atoms with Crippen molar-refractivity contribution in [3.05, 3.63) is 0 Å². The normalized spacial score (nSPS) is 60.5. The van der Waals surface area contributed by atoms with E-state index >= 15 is 0 Å². The monoisotopic (exact) mass is 1210 g/mol. The Bertz CT molecular complexity index is 3250. The molecule has 18 fully saturated rings. The predicted molar refractivity (Wildman–Crippen MR) is 285 cm³/mol. The Morgan fingerprint density at radius 2 is 0.974 bits per heavy atom. The van der Waals surface area contributed by atoms with Crippen molar-refractivity contribution in [3.8, 4) is 0 Å². The average Bonchev–Trinajstić information content (AvgIpc) is 4.35. The van der Waals surface area contributed by atoms with Gasteiger partial charge >= 0.3 is 0 Å². The molecule has 444 valence electrons. The highest BCUT2D eigenvalue weighted by Gasteiger charge is 2.75. The Morgan fingerprint density at radius 3 is 1.51 bits per heavy atom. The van der Waals surface area contributed by atoms with E-state index in [1.807, 2.05) is 6.92 Å². The van der Waals surface area contributed by atoms with Crippen LogP contribution >= 0.6 is 0 Å². The summed E-state index contributed by atoms with van der Waals surface area (Å²) in [5, 5.41) is -1.12. The smallest absolute Gasteiger partial charge is 0.266 e. The first kappa shape index (κ1) is 56.6. The highest BCUT2D eigenvalue weighted by Crippen LogP contribution is 2.71. The number of fused-ring (bicyclic) bond motifs is 6. The second-order valence-corrected chi connectivity index (χ2v) is 41.1. The van der Waals surface area contributed by atoms with E-state index < -0.39 is 60.7 Å². The maximum absolute atomic E-state index is 11.8. The molecular weight excluding hydrogens is 1130 g/mol. The first-order chi connectivity index (χ1) is 35.7. The molecule has 24 heteroatoms. The fraction of sp³-hybridized carbons (Fsp3) is 1.00. The van der Waals surface area contributed by atoms with Gasteiger partial charge in [-0.2, -0.15) is 50.5 Å². The Labute approximate surface area is 465 Å². The fourth-order valence-corrected chi connectivity index (χ4v) is 34.3. The van der Waals surface area contributed by atoms with Crippen LogP contribution in [0.1, 0.15) is 160 Å². The van der Waals surface area contributed by atoms with Gasteiger partial charge in [-0.05, 0) is 153 Å². The van der Waals surface area contributed by atoms with Crippen molar-refractivity contribution in [1.29, 1.82) is 0 Å². The van der Waals surface area contributed by atoms with Crippen molar-refractivity contribution in [1.82, 2.24) is 0 Å². The zero-order valence-corrected chi connectivity index (χ0v) is 52.0. The fourth-order valence-electron chi connectivity index (χ4n) is 21.7. The highest BCUT2D eigenvalue weighted by atomic mass is 32.2. The molecule has 78 heavy (non-hydrogen) atoms. The minimum atomic E-state index is -3.26. The molecule has 18 aliphatic rings. The van der Waals surface area contributed by atoms with Crippen molar-refractivity contribution in [2.75, 3.05) is 0 Å². The number of rotatable bonds is 0. The molecule has 0 aromatic carbocycles. The van der Waals surface area contributed by atoms with E-state index in [1.54, 1.807) is 0 Å². The first-order valence-corrected chi connectivity index (χ1v) is 38.0. The zero-order chi connectivity index (χ0) is 56.6. The summed E-state index contributed by atoms with van der Waals surface area (Å²) in [4.78, 5) is 0. The maximum Gasteiger partial charge on any atom is 0.271 e. The Balaban J connectivity index is 0.0000000890. The molecule has 29 atom stereocenters. The third-order valence-corrected chi connectivity index (χ3v) is 37.5. The van der Waals surface area contributed by atoms with Crippen molar-refractivity contribution in [3.63, 3.8) is 0 Å². The molecule has 0 amide bonds. The van der Waals surface area contributed by atoms with Gasteiger partial charge in [0.15, 0.2) is 0 Å². The molecule has 0 radical (unpaired) electrons. The van der Waals surface area contributed by atoms with Crippen LogP contribution in [0, 0.1) is 104 Å². The summed E-state index contributed by atoms with van der Waals surface area (Å²) in [5.74, 6) is 5.62. The van der Waals surface area contributed by atoms with Crippen LogP contribution in [0.25, 0.3) is 0 Å². The van der Waals surface area contributed by atoms with Gasteiger partial charge < -0.3 is 0 Å². The van der Waals surface area contributed by atoms with Gasteiger partial charge in [0.25, 0.3) is 60.7 Å². The van der Waals surface area contributed by atoms with Crippen LogP contribution < -0.4 is 0 Å². The van der Waals surface area contributed by atoms with Gasteiger partial charge in [0.05, 0.1) is 67.6 Å². The molecule has 6 saturated heterocycles. The van der Waals surface area contributed by atoms with Crippen LogP contribution in [0.4, 0.5) is 0 Å². The highest BCUT2D eigenvalue weighted by molar-refractivity contribution is 7.89. The molecule has 0 aromatic rings. The van der Waals surface area contributed by atoms with Crippen molar-refractivity contribution in [2.45, 2.75) is 228 Å². The molecule has 6 aliphatic heterocycles. The Kier molecular flexibility index (Phi) is 12.1. The third-order valence-electron chi connectivity index (χ3n) is 26.6. The molecule has 0 aromatic heterocycles. The van der Waals surface area contributed by atoms with E-state index in [4.69, 9.17) is 25.1 Å². The van der Waals surface area contributed by atoms with Crippen molar-refractivity contribution < 1.29 is 75.6 Å². The van der Waals surface area contributed by atoms with Gasteiger partial charge in [-0.3, -0.25) is 25.1 Å². The van der Waals surface area contributed by atoms with Crippen LogP contribution in [0.3, 0.4) is 0 Å². The lowest BCUT2D eigenvalue weighted by atomic mass is 9.74. The van der Waals surface area contributed by atoms with Gasteiger partial charge in [-0.15, -0.1) is 0 Å². The SMILES string of the molecule is CC1(C)C2CC3C1OS(=O)(=O)C3C2.CC1C2CC3C(C)(C2)C1OS3(=O)=O.CC1C2CC3C(C2)S(=O)(=O)OC13C.CC1C2CC3C1OS(=O)(=O)C3C2.CC1C2OS(=O)(=O)C3CC1(C)CC23.CC1C2OS(=O)(=O)C3CC1(C)CC23C. The molecule has 12 saturated carbocycles. The Hall–Kier alpha value is -0.540. The quantitative estimate of drug-likeness (QED) is 0.223. The van der Waals surface area contributed by atoms with Gasteiger partial charge in [0, 0.05) is 34.5 Å². The van der Waals surface area contributed by atoms with E-state index in [-0.39, 0.29) is 101 Å². The average molecular weight is 1210 g/mol.